The van der Waals surface area contributed by atoms with Gasteiger partial charge in [-0.2, -0.15) is 10.2 Å². The first-order valence-corrected chi connectivity index (χ1v) is 16.6. The Morgan fingerprint density at radius 1 is 0.918 bits per heavy atom. The van der Waals surface area contributed by atoms with E-state index >= 15 is 0 Å². The van der Waals surface area contributed by atoms with Gasteiger partial charge >= 0.3 is 6.09 Å². The van der Waals surface area contributed by atoms with Crippen LogP contribution in [-0.2, 0) is 31.4 Å². The highest BCUT2D eigenvalue weighted by molar-refractivity contribution is 6.28. The SMILES string of the molecule is Cn1cc(Cc2cc(OCc3ccccc3)cc3ccccc23)c2nc(Cl)nc(N3CCN(C(=O)OCc4ccccc4)C(CC#N)C3)c21. The van der Waals surface area contributed by atoms with Crippen molar-refractivity contribution in [1.29, 1.82) is 5.26 Å². The molecule has 6 aromatic rings. The molecule has 1 amide bonds. The standard InChI is InChI=1S/C39H35ClN6O3/c1-44-23-31(20-30-22-33(21-29-14-8-9-15-34(29)30)48-25-27-10-4-2-5-11-27)35-36(44)37(43-38(40)42-35)45-18-19-46(32(24-45)16-17-41)39(47)49-26-28-12-6-3-7-13-28/h2-15,21-23,32H,16,18-20,24-26H2,1H3. The van der Waals surface area contributed by atoms with Crippen molar-refractivity contribution in [1.82, 2.24) is 19.4 Å². The lowest BCUT2D eigenvalue weighted by Gasteiger charge is -2.40. The Labute approximate surface area is 289 Å². The number of benzene rings is 4. The Bertz CT molecular complexity index is 2150. The number of aromatic nitrogens is 3. The van der Waals surface area contributed by atoms with Gasteiger partial charge in [-0.25, -0.2) is 9.78 Å². The van der Waals surface area contributed by atoms with Crippen molar-refractivity contribution in [2.24, 2.45) is 7.05 Å². The number of carbonyl (C=O) groups excluding carboxylic acids is 1. The third kappa shape index (κ3) is 7.01. The summed E-state index contributed by atoms with van der Waals surface area (Å²) in [6, 6.07) is 34.1. The van der Waals surface area contributed by atoms with E-state index in [1.54, 1.807) is 4.90 Å². The maximum absolute atomic E-state index is 13.1. The lowest BCUT2D eigenvalue weighted by atomic mass is 9.98. The highest BCUT2D eigenvalue weighted by Gasteiger charge is 2.33. The first-order valence-electron chi connectivity index (χ1n) is 16.3. The van der Waals surface area contributed by atoms with Crippen LogP contribution in [0, 0.1) is 11.3 Å². The monoisotopic (exact) mass is 670 g/mol. The van der Waals surface area contributed by atoms with Crippen molar-refractivity contribution in [3.8, 4) is 11.8 Å². The zero-order valence-electron chi connectivity index (χ0n) is 27.1. The van der Waals surface area contributed by atoms with Crippen LogP contribution in [0.5, 0.6) is 5.75 Å². The predicted molar refractivity (Wildman–Crippen MR) is 191 cm³/mol. The van der Waals surface area contributed by atoms with Gasteiger partial charge in [-0.3, -0.25) is 0 Å². The molecule has 0 aliphatic carbocycles. The molecule has 4 aromatic carbocycles. The molecule has 0 bridgehead atoms. The Morgan fingerprint density at radius 2 is 1.63 bits per heavy atom. The third-order valence-corrected chi connectivity index (χ3v) is 9.11. The molecular formula is C39H35ClN6O3. The Kier molecular flexibility index (Phi) is 9.31. The molecule has 0 spiro atoms. The van der Waals surface area contributed by atoms with Gasteiger partial charge in [-0.1, -0.05) is 84.9 Å². The number of amides is 1. The van der Waals surface area contributed by atoms with Crippen LogP contribution in [0.3, 0.4) is 0 Å². The van der Waals surface area contributed by atoms with E-state index in [1.807, 2.05) is 72.3 Å². The van der Waals surface area contributed by atoms with E-state index in [4.69, 9.17) is 26.1 Å². The van der Waals surface area contributed by atoms with Crippen molar-refractivity contribution < 1.29 is 14.3 Å². The van der Waals surface area contributed by atoms with Gasteiger partial charge in [-0.05, 0) is 51.2 Å². The summed E-state index contributed by atoms with van der Waals surface area (Å²) in [5, 5.41) is 12.0. The number of rotatable bonds is 9. The minimum Gasteiger partial charge on any atom is -0.489 e. The summed E-state index contributed by atoms with van der Waals surface area (Å²) in [5.74, 6) is 1.48. The first kappa shape index (κ1) is 32.0. The summed E-state index contributed by atoms with van der Waals surface area (Å²) < 4.78 is 13.9. The van der Waals surface area contributed by atoms with Crippen molar-refractivity contribution in [2.45, 2.75) is 32.1 Å². The molecule has 0 radical (unpaired) electrons. The van der Waals surface area contributed by atoms with Crippen LogP contribution in [0.25, 0.3) is 21.8 Å². The van der Waals surface area contributed by atoms with E-state index in [9.17, 15) is 10.1 Å². The third-order valence-electron chi connectivity index (χ3n) is 8.94. The smallest absolute Gasteiger partial charge is 0.410 e. The number of halogens is 1. The Hall–Kier alpha value is -5.59. The lowest BCUT2D eigenvalue weighted by Crippen LogP contribution is -2.55. The molecule has 0 N–H and O–H groups in total. The number of hydrogen-bond acceptors (Lipinski definition) is 7. The van der Waals surface area contributed by atoms with E-state index in [2.05, 4.69) is 58.5 Å². The van der Waals surface area contributed by atoms with Gasteiger partial charge < -0.3 is 23.8 Å². The molecule has 9 nitrogen and oxygen atoms in total. The van der Waals surface area contributed by atoms with Crippen LogP contribution in [-0.4, -0.2) is 51.2 Å². The largest absolute Gasteiger partial charge is 0.489 e. The minimum atomic E-state index is -0.432. The number of nitrogens with zero attached hydrogens (tertiary/aromatic N) is 6. The van der Waals surface area contributed by atoms with Crippen LogP contribution >= 0.6 is 11.6 Å². The Morgan fingerprint density at radius 3 is 2.39 bits per heavy atom. The molecule has 3 heterocycles. The van der Waals surface area contributed by atoms with Gasteiger partial charge in [0.05, 0.1) is 24.0 Å². The van der Waals surface area contributed by atoms with E-state index in [1.165, 1.54) is 0 Å². The van der Waals surface area contributed by atoms with Gasteiger partial charge in [0.25, 0.3) is 0 Å². The van der Waals surface area contributed by atoms with Gasteiger partial charge in [0.2, 0.25) is 5.28 Å². The number of carbonyl (C=O) groups is 1. The van der Waals surface area contributed by atoms with Gasteiger partial charge in [0.15, 0.2) is 5.82 Å². The summed E-state index contributed by atoms with van der Waals surface area (Å²) in [5.41, 5.74) is 5.73. The molecule has 1 unspecified atom stereocenters. The number of anilines is 1. The fourth-order valence-corrected chi connectivity index (χ4v) is 6.74. The van der Waals surface area contributed by atoms with Crippen LogP contribution in [0.4, 0.5) is 10.6 Å². The second-order valence-electron chi connectivity index (χ2n) is 12.2. The summed E-state index contributed by atoms with van der Waals surface area (Å²) in [6.07, 6.45) is 2.41. The molecule has 2 aromatic heterocycles. The number of piperazine rings is 1. The van der Waals surface area contributed by atoms with E-state index in [0.717, 1.165) is 49.8 Å². The van der Waals surface area contributed by atoms with Crippen LogP contribution in [0.15, 0.2) is 103 Å². The summed E-state index contributed by atoms with van der Waals surface area (Å²) in [6.45, 7) is 1.93. The second kappa shape index (κ2) is 14.3. The fraction of sp³-hybridized carbons (Fsp3) is 0.231. The normalized spacial score (nSPS) is 14.6. The van der Waals surface area contributed by atoms with Crippen molar-refractivity contribution in [3.05, 3.63) is 131 Å². The predicted octanol–water partition coefficient (Wildman–Crippen LogP) is 7.69. The van der Waals surface area contributed by atoms with Crippen LogP contribution in [0.2, 0.25) is 5.28 Å². The topological polar surface area (TPSA) is 96.5 Å². The molecule has 49 heavy (non-hydrogen) atoms. The number of fused-ring (bicyclic) bond motifs is 2. The maximum atomic E-state index is 13.1. The molecule has 7 rings (SSSR count). The summed E-state index contributed by atoms with van der Waals surface area (Å²) in [7, 11) is 1.98. The molecule has 1 aliphatic heterocycles. The van der Waals surface area contributed by atoms with E-state index in [-0.39, 0.29) is 24.4 Å². The van der Waals surface area contributed by atoms with Gasteiger partial charge in [0, 0.05) is 44.9 Å². The molecule has 0 saturated carbocycles. The highest BCUT2D eigenvalue weighted by atomic mass is 35.5. The number of hydrogen-bond donors (Lipinski definition) is 0. The molecule has 1 atom stereocenters. The molecule has 1 aliphatic rings. The van der Waals surface area contributed by atoms with Crippen LogP contribution in [0.1, 0.15) is 28.7 Å². The van der Waals surface area contributed by atoms with Crippen molar-refractivity contribution >= 4 is 45.3 Å². The maximum Gasteiger partial charge on any atom is 0.410 e. The Balaban J connectivity index is 1.16. The fourth-order valence-electron chi connectivity index (χ4n) is 6.58. The van der Waals surface area contributed by atoms with Gasteiger partial charge in [-0.15, -0.1) is 0 Å². The number of ether oxygens (including phenoxy) is 2. The average Bonchev–Trinajstić information content (AvgIpc) is 3.44. The zero-order valence-corrected chi connectivity index (χ0v) is 27.9. The highest BCUT2D eigenvalue weighted by Crippen LogP contribution is 2.34. The number of nitriles is 1. The molecule has 1 saturated heterocycles. The molecule has 1 fully saturated rings. The first-order chi connectivity index (χ1) is 24.0. The minimum absolute atomic E-state index is 0.140. The lowest BCUT2D eigenvalue weighted by molar-refractivity contribution is 0.0768. The quantitative estimate of drug-likeness (QED) is 0.146. The van der Waals surface area contributed by atoms with Crippen LogP contribution < -0.4 is 9.64 Å². The molecule has 10 heteroatoms. The van der Waals surface area contributed by atoms with Crippen molar-refractivity contribution in [2.75, 3.05) is 24.5 Å². The second-order valence-corrected chi connectivity index (χ2v) is 12.6. The van der Waals surface area contributed by atoms with Gasteiger partial charge in [0.1, 0.15) is 24.5 Å². The van der Waals surface area contributed by atoms with E-state index < -0.39 is 6.09 Å². The average molecular weight is 671 g/mol. The molecule has 246 valence electrons. The molecular weight excluding hydrogens is 636 g/mol. The summed E-state index contributed by atoms with van der Waals surface area (Å²) >= 11 is 6.61. The summed E-state index contributed by atoms with van der Waals surface area (Å²) in [4.78, 5) is 26.3. The number of aryl methyl sites for hydroxylation is 1. The zero-order chi connectivity index (χ0) is 33.7. The van der Waals surface area contributed by atoms with Crippen molar-refractivity contribution in [3.63, 3.8) is 0 Å². The van der Waals surface area contributed by atoms with E-state index in [0.29, 0.717) is 38.5 Å².